The lowest BCUT2D eigenvalue weighted by Crippen LogP contribution is -2.52. The minimum Gasteiger partial charge on any atom is -0.395 e. The highest BCUT2D eigenvalue weighted by atomic mass is 19.1. The Labute approximate surface area is 229 Å². The van der Waals surface area contributed by atoms with E-state index in [1.807, 2.05) is 48.5 Å². The second-order valence-electron chi connectivity index (χ2n) is 9.47. The molecule has 0 bridgehead atoms. The van der Waals surface area contributed by atoms with Crippen molar-refractivity contribution >= 4 is 17.7 Å². The van der Waals surface area contributed by atoms with Gasteiger partial charge in [-0.1, -0.05) is 53.7 Å². The molecule has 0 spiro atoms. The number of primary amides is 1. The minimum absolute atomic E-state index is 0.0179. The van der Waals surface area contributed by atoms with Crippen molar-refractivity contribution in [2.45, 2.75) is 25.9 Å². The summed E-state index contributed by atoms with van der Waals surface area (Å²) in [6.45, 7) is 1.21. The van der Waals surface area contributed by atoms with Gasteiger partial charge in [0.15, 0.2) is 0 Å². The van der Waals surface area contributed by atoms with Crippen LogP contribution in [0.4, 0.5) is 4.39 Å². The van der Waals surface area contributed by atoms with Gasteiger partial charge >= 0.3 is 0 Å². The van der Waals surface area contributed by atoms with Crippen molar-refractivity contribution in [3.05, 3.63) is 107 Å². The molecular weight excluding hydrogens is 515 g/mol. The molecule has 4 rings (SSSR count). The number of aromatic nitrogens is 3. The van der Waals surface area contributed by atoms with E-state index in [1.54, 1.807) is 0 Å². The average Bonchev–Trinajstić information content (AvgIpc) is 3.49. The number of nitrogens with one attached hydrogen (secondary N) is 3. The number of nitrogens with two attached hydrogens (primary N) is 1. The summed E-state index contributed by atoms with van der Waals surface area (Å²) >= 11 is 0. The van der Waals surface area contributed by atoms with Crippen molar-refractivity contribution in [1.29, 1.82) is 0 Å². The number of rotatable bonds is 11. The Morgan fingerprint density at radius 1 is 0.975 bits per heavy atom. The molecule has 1 aromatic heterocycles. The zero-order valence-electron chi connectivity index (χ0n) is 21.7. The van der Waals surface area contributed by atoms with E-state index in [4.69, 9.17) is 5.73 Å². The molecule has 11 heteroatoms. The Bertz CT molecular complexity index is 1460. The number of aliphatic hydroxyl groups is 1. The van der Waals surface area contributed by atoms with E-state index >= 15 is 0 Å². The molecule has 1 heterocycles. The van der Waals surface area contributed by atoms with Crippen LogP contribution in [-0.4, -0.2) is 44.8 Å². The number of aromatic amines is 1. The van der Waals surface area contributed by atoms with Crippen LogP contribution in [0.1, 0.15) is 40.1 Å². The zero-order chi connectivity index (χ0) is 28.7. The molecule has 2 atom stereocenters. The number of hydrogen-bond acceptors (Lipinski definition) is 6. The summed E-state index contributed by atoms with van der Waals surface area (Å²) in [6, 6.07) is 18.9. The van der Waals surface area contributed by atoms with E-state index in [0.717, 1.165) is 28.8 Å². The van der Waals surface area contributed by atoms with Crippen LogP contribution in [0.3, 0.4) is 0 Å². The van der Waals surface area contributed by atoms with Crippen LogP contribution < -0.4 is 16.4 Å². The third-order valence-electron chi connectivity index (χ3n) is 6.74. The number of hydrogen-bond donors (Lipinski definition) is 5. The van der Waals surface area contributed by atoms with Gasteiger partial charge in [0.2, 0.25) is 11.8 Å². The van der Waals surface area contributed by atoms with E-state index < -0.39 is 35.7 Å². The Morgan fingerprint density at radius 2 is 1.57 bits per heavy atom. The standard InChI is InChI=1S/C29H29FN6O4/c1-18(38)32-15-20-4-8-22(9-5-20)21-6-2-19(3-7-21)14-29(17-37,28(31)40)26(25-16-33-36-35-25)34-27(39)23-10-12-24(30)13-11-23/h2-13,16,26,37H,14-15,17H2,1H3,(H2,31,40)(H,32,38)(H,34,39)(H,33,35,36). The van der Waals surface area contributed by atoms with Gasteiger partial charge in [0.25, 0.3) is 5.91 Å². The third-order valence-corrected chi connectivity index (χ3v) is 6.74. The maximum Gasteiger partial charge on any atom is 0.251 e. The van der Waals surface area contributed by atoms with Crippen molar-refractivity contribution < 1.29 is 23.9 Å². The molecule has 40 heavy (non-hydrogen) atoms. The van der Waals surface area contributed by atoms with Crippen molar-refractivity contribution in [3.63, 3.8) is 0 Å². The van der Waals surface area contributed by atoms with Crippen molar-refractivity contribution in [2.24, 2.45) is 11.1 Å². The highest BCUT2D eigenvalue weighted by Gasteiger charge is 2.47. The van der Waals surface area contributed by atoms with Crippen LogP contribution in [0.15, 0.2) is 79.0 Å². The number of halogens is 1. The summed E-state index contributed by atoms with van der Waals surface area (Å²) in [7, 11) is 0. The number of carbonyl (C=O) groups is 3. The maximum atomic E-state index is 13.4. The third kappa shape index (κ3) is 6.38. The van der Waals surface area contributed by atoms with E-state index in [1.165, 1.54) is 25.3 Å². The smallest absolute Gasteiger partial charge is 0.251 e. The van der Waals surface area contributed by atoms with Crippen LogP contribution in [-0.2, 0) is 22.6 Å². The Kier molecular flexibility index (Phi) is 8.65. The van der Waals surface area contributed by atoms with E-state index in [9.17, 15) is 23.9 Å². The van der Waals surface area contributed by atoms with Crippen LogP contribution in [0, 0.1) is 11.2 Å². The molecule has 0 saturated heterocycles. The molecule has 6 N–H and O–H groups in total. The zero-order valence-corrected chi connectivity index (χ0v) is 21.7. The van der Waals surface area contributed by atoms with Crippen molar-refractivity contribution in [3.8, 4) is 11.1 Å². The van der Waals surface area contributed by atoms with Gasteiger partial charge in [-0.3, -0.25) is 19.5 Å². The molecule has 0 fully saturated rings. The number of H-pyrrole nitrogens is 1. The van der Waals surface area contributed by atoms with Crippen LogP contribution in [0.2, 0.25) is 0 Å². The van der Waals surface area contributed by atoms with Gasteiger partial charge < -0.3 is 21.5 Å². The SMILES string of the molecule is CC(=O)NCc1ccc(-c2ccc(CC(CO)(C(N)=O)C(NC(=O)c3ccc(F)cc3)c3c[nH]nn3)cc2)cc1. The van der Waals surface area contributed by atoms with Gasteiger partial charge in [-0.2, -0.15) is 0 Å². The molecule has 3 amide bonds. The number of nitrogens with zero attached hydrogens (tertiary/aromatic N) is 2. The summed E-state index contributed by atoms with van der Waals surface area (Å²) in [5.41, 5.74) is 8.05. The van der Waals surface area contributed by atoms with Crippen LogP contribution in [0.25, 0.3) is 11.1 Å². The number of benzene rings is 3. The topological polar surface area (TPSA) is 163 Å². The highest BCUT2D eigenvalue weighted by molar-refractivity contribution is 5.95. The molecule has 3 aromatic carbocycles. The fraction of sp³-hybridized carbons (Fsp3) is 0.207. The molecule has 0 aliphatic rings. The average molecular weight is 545 g/mol. The highest BCUT2D eigenvalue weighted by Crippen LogP contribution is 2.37. The minimum atomic E-state index is -1.68. The molecule has 10 nitrogen and oxygen atoms in total. The monoisotopic (exact) mass is 544 g/mol. The maximum absolute atomic E-state index is 13.4. The molecule has 0 radical (unpaired) electrons. The summed E-state index contributed by atoms with van der Waals surface area (Å²) in [4.78, 5) is 37.1. The number of carbonyl (C=O) groups excluding carboxylic acids is 3. The molecule has 0 aliphatic carbocycles. The van der Waals surface area contributed by atoms with E-state index in [-0.39, 0.29) is 23.6 Å². The number of aliphatic hydroxyl groups excluding tert-OH is 1. The first-order valence-corrected chi connectivity index (χ1v) is 12.5. The number of amides is 3. The van der Waals surface area contributed by atoms with Gasteiger partial charge in [0.05, 0.1) is 12.6 Å². The van der Waals surface area contributed by atoms with Gasteiger partial charge in [0, 0.05) is 25.2 Å². The fourth-order valence-electron chi connectivity index (χ4n) is 4.44. The lowest BCUT2D eigenvalue weighted by molar-refractivity contribution is -0.132. The Morgan fingerprint density at radius 3 is 2.08 bits per heavy atom. The van der Waals surface area contributed by atoms with Gasteiger partial charge in [0.1, 0.15) is 16.9 Å². The normalized spacial score (nSPS) is 13.2. The summed E-state index contributed by atoms with van der Waals surface area (Å²) in [6.07, 6.45) is 1.39. The first-order chi connectivity index (χ1) is 19.2. The van der Waals surface area contributed by atoms with Crippen LogP contribution in [0.5, 0.6) is 0 Å². The quantitative estimate of drug-likeness (QED) is 0.195. The first kappa shape index (κ1) is 28.1. The lowest BCUT2D eigenvalue weighted by Gasteiger charge is -2.36. The second-order valence-corrected chi connectivity index (χ2v) is 9.47. The van der Waals surface area contributed by atoms with Gasteiger partial charge in [-0.25, -0.2) is 4.39 Å². The van der Waals surface area contributed by atoms with Crippen LogP contribution >= 0.6 is 0 Å². The summed E-state index contributed by atoms with van der Waals surface area (Å²) in [5.74, 6) is -2.06. The molecule has 4 aromatic rings. The fourth-order valence-corrected chi connectivity index (χ4v) is 4.44. The molecule has 0 aliphatic heterocycles. The van der Waals surface area contributed by atoms with Gasteiger partial charge in [-0.15, -0.1) is 5.10 Å². The second kappa shape index (κ2) is 12.3. The summed E-state index contributed by atoms with van der Waals surface area (Å²) < 4.78 is 13.4. The largest absolute Gasteiger partial charge is 0.395 e. The summed E-state index contributed by atoms with van der Waals surface area (Å²) in [5, 5.41) is 26.3. The van der Waals surface area contributed by atoms with Crippen molar-refractivity contribution in [2.75, 3.05) is 6.61 Å². The van der Waals surface area contributed by atoms with Gasteiger partial charge in [-0.05, 0) is 52.9 Å². The molecular formula is C29H29FN6O4. The first-order valence-electron chi connectivity index (χ1n) is 12.5. The molecule has 2 unspecified atom stereocenters. The Balaban J connectivity index is 1.60. The molecule has 0 saturated carbocycles. The van der Waals surface area contributed by atoms with E-state index in [0.29, 0.717) is 12.1 Å². The lowest BCUT2D eigenvalue weighted by atomic mass is 9.73. The van der Waals surface area contributed by atoms with E-state index in [2.05, 4.69) is 26.0 Å². The predicted octanol–water partition coefficient (Wildman–Crippen LogP) is 2.42. The Hall–Kier alpha value is -4.90. The van der Waals surface area contributed by atoms with Crippen molar-refractivity contribution in [1.82, 2.24) is 26.0 Å². The predicted molar refractivity (Wildman–Crippen MR) is 145 cm³/mol. The molecule has 206 valence electrons.